The number of halogens is 2. The van der Waals surface area contributed by atoms with Crippen LogP contribution in [0.1, 0.15) is 34.7 Å². The first-order valence-corrected chi connectivity index (χ1v) is 8.86. The molecule has 5 heteroatoms. The minimum Gasteiger partial charge on any atom is -0.333 e. The summed E-state index contributed by atoms with van der Waals surface area (Å²) in [6, 6.07) is 12.8. The van der Waals surface area contributed by atoms with Crippen LogP contribution in [0.2, 0.25) is 0 Å². The van der Waals surface area contributed by atoms with Gasteiger partial charge in [0.05, 0.1) is 6.04 Å². The number of carbonyl (C=O) groups excluding carboxylic acids is 1. The van der Waals surface area contributed by atoms with Crippen molar-refractivity contribution in [2.45, 2.75) is 32.7 Å². The summed E-state index contributed by atoms with van der Waals surface area (Å²) in [5, 5.41) is 3.31. The van der Waals surface area contributed by atoms with Crippen LogP contribution in [0.25, 0.3) is 0 Å². The molecule has 1 atom stereocenters. The van der Waals surface area contributed by atoms with E-state index in [0.29, 0.717) is 19.5 Å². The lowest BCUT2D eigenvalue weighted by atomic mass is 9.99. The van der Waals surface area contributed by atoms with Crippen LogP contribution < -0.4 is 5.32 Å². The zero-order valence-electron chi connectivity index (χ0n) is 15.3. The molecule has 1 saturated heterocycles. The van der Waals surface area contributed by atoms with E-state index in [-0.39, 0.29) is 30.2 Å². The SMILES string of the molecule is Cc1ccc(CCC(=O)N2CCNCC2c2cccc(F)c2)c(C)c1.Cl. The Hall–Kier alpha value is -1.91. The molecule has 3 nitrogen and oxygen atoms in total. The summed E-state index contributed by atoms with van der Waals surface area (Å²) in [6.45, 7) is 6.27. The molecule has 0 aliphatic carbocycles. The minimum atomic E-state index is -0.259. The molecule has 0 radical (unpaired) electrons. The summed E-state index contributed by atoms with van der Waals surface area (Å²) < 4.78 is 13.6. The topological polar surface area (TPSA) is 32.3 Å². The van der Waals surface area contributed by atoms with Gasteiger partial charge in [0.15, 0.2) is 0 Å². The largest absolute Gasteiger partial charge is 0.333 e. The standard InChI is InChI=1S/C21H25FN2O.ClH/c1-15-6-7-17(16(2)12-15)8-9-21(25)24-11-10-23-14-20(24)18-4-3-5-19(22)13-18;/h3-7,12-13,20,23H,8-11,14H2,1-2H3;1H. The number of hydrogen-bond donors (Lipinski definition) is 1. The first-order valence-electron chi connectivity index (χ1n) is 8.86. The third-order valence-corrected chi connectivity index (χ3v) is 4.90. The number of carbonyl (C=O) groups is 1. The molecule has 1 aliphatic rings. The van der Waals surface area contributed by atoms with Crippen molar-refractivity contribution in [1.29, 1.82) is 0 Å². The molecule has 1 fully saturated rings. The Balaban J connectivity index is 0.00000243. The number of nitrogens with zero attached hydrogens (tertiary/aromatic N) is 1. The van der Waals surface area contributed by atoms with E-state index in [2.05, 4.69) is 37.4 Å². The number of hydrogen-bond acceptors (Lipinski definition) is 2. The molecular formula is C21H26ClFN2O. The highest BCUT2D eigenvalue weighted by Gasteiger charge is 2.27. The maximum Gasteiger partial charge on any atom is 0.223 e. The van der Waals surface area contributed by atoms with Gasteiger partial charge in [-0.05, 0) is 49.1 Å². The Labute approximate surface area is 161 Å². The van der Waals surface area contributed by atoms with Crippen LogP contribution in [0.4, 0.5) is 4.39 Å². The minimum absolute atomic E-state index is 0. The molecule has 0 spiro atoms. The predicted octanol–water partition coefficient (Wildman–Crippen LogP) is 3.97. The van der Waals surface area contributed by atoms with Crippen LogP contribution in [-0.2, 0) is 11.2 Å². The number of aryl methyl sites for hydroxylation is 3. The molecular weight excluding hydrogens is 351 g/mol. The number of rotatable bonds is 4. The average molecular weight is 377 g/mol. The first kappa shape index (κ1) is 20.4. The lowest BCUT2D eigenvalue weighted by Crippen LogP contribution is -2.48. The Morgan fingerprint density at radius 2 is 2.04 bits per heavy atom. The second-order valence-corrected chi connectivity index (χ2v) is 6.79. The Bertz CT molecular complexity index is 765. The highest BCUT2D eigenvalue weighted by atomic mass is 35.5. The lowest BCUT2D eigenvalue weighted by Gasteiger charge is -2.36. The quantitative estimate of drug-likeness (QED) is 0.875. The molecule has 2 aromatic carbocycles. The number of piperazine rings is 1. The fourth-order valence-corrected chi connectivity index (χ4v) is 3.53. The average Bonchev–Trinajstić information content (AvgIpc) is 2.61. The monoisotopic (exact) mass is 376 g/mol. The maximum atomic E-state index is 13.6. The molecule has 140 valence electrons. The molecule has 1 amide bonds. The Morgan fingerprint density at radius 1 is 1.23 bits per heavy atom. The van der Waals surface area contributed by atoms with Crippen LogP contribution in [-0.4, -0.2) is 30.4 Å². The van der Waals surface area contributed by atoms with Crippen LogP contribution in [0, 0.1) is 19.7 Å². The summed E-state index contributed by atoms with van der Waals surface area (Å²) in [4.78, 5) is 14.7. The van der Waals surface area contributed by atoms with E-state index in [1.807, 2.05) is 11.0 Å². The molecule has 1 aliphatic heterocycles. The summed E-state index contributed by atoms with van der Waals surface area (Å²) in [5.41, 5.74) is 4.54. The van der Waals surface area contributed by atoms with Gasteiger partial charge in [0.25, 0.3) is 0 Å². The first-order chi connectivity index (χ1) is 12.0. The van der Waals surface area contributed by atoms with E-state index < -0.39 is 0 Å². The summed E-state index contributed by atoms with van der Waals surface area (Å²) >= 11 is 0. The van der Waals surface area contributed by atoms with Crippen molar-refractivity contribution in [3.8, 4) is 0 Å². The molecule has 1 N–H and O–H groups in total. The van der Waals surface area contributed by atoms with Crippen molar-refractivity contribution >= 4 is 18.3 Å². The lowest BCUT2D eigenvalue weighted by molar-refractivity contribution is -0.134. The van der Waals surface area contributed by atoms with Gasteiger partial charge in [-0.15, -0.1) is 12.4 Å². The van der Waals surface area contributed by atoms with Gasteiger partial charge in [-0.2, -0.15) is 0 Å². The number of nitrogens with one attached hydrogen (secondary N) is 1. The molecule has 1 unspecified atom stereocenters. The van der Waals surface area contributed by atoms with E-state index in [0.717, 1.165) is 18.5 Å². The molecule has 0 bridgehead atoms. The highest BCUT2D eigenvalue weighted by Crippen LogP contribution is 2.24. The van der Waals surface area contributed by atoms with Gasteiger partial charge < -0.3 is 10.2 Å². The molecule has 2 aromatic rings. The summed E-state index contributed by atoms with van der Waals surface area (Å²) in [5.74, 6) is -0.124. The second kappa shape index (κ2) is 9.15. The van der Waals surface area contributed by atoms with Crippen LogP contribution in [0.15, 0.2) is 42.5 Å². The number of benzene rings is 2. The molecule has 0 saturated carbocycles. The molecule has 3 rings (SSSR count). The van der Waals surface area contributed by atoms with Gasteiger partial charge in [0, 0.05) is 26.1 Å². The fourth-order valence-electron chi connectivity index (χ4n) is 3.53. The molecule has 0 aromatic heterocycles. The van der Waals surface area contributed by atoms with Gasteiger partial charge in [-0.3, -0.25) is 4.79 Å². The predicted molar refractivity (Wildman–Crippen MR) is 105 cm³/mol. The second-order valence-electron chi connectivity index (χ2n) is 6.79. The van der Waals surface area contributed by atoms with E-state index in [4.69, 9.17) is 0 Å². The Morgan fingerprint density at radius 3 is 2.77 bits per heavy atom. The summed E-state index contributed by atoms with van der Waals surface area (Å²) in [6.07, 6.45) is 1.22. The zero-order valence-corrected chi connectivity index (χ0v) is 16.1. The smallest absolute Gasteiger partial charge is 0.223 e. The number of amides is 1. The van der Waals surface area contributed by atoms with Crippen molar-refractivity contribution in [2.75, 3.05) is 19.6 Å². The molecule has 26 heavy (non-hydrogen) atoms. The normalized spacial score (nSPS) is 16.9. The highest BCUT2D eigenvalue weighted by molar-refractivity contribution is 5.85. The summed E-state index contributed by atoms with van der Waals surface area (Å²) in [7, 11) is 0. The van der Waals surface area contributed by atoms with Crippen molar-refractivity contribution in [1.82, 2.24) is 10.2 Å². The fraction of sp³-hybridized carbons (Fsp3) is 0.381. The van der Waals surface area contributed by atoms with Crippen LogP contribution >= 0.6 is 12.4 Å². The van der Waals surface area contributed by atoms with E-state index >= 15 is 0 Å². The van der Waals surface area contributed by atoms with Gasteiger partial charge in [0.1, 0.15) is 5.82 Å². The van der Waals surface area contributed by atoms with E-state index in [9.17, 15) is 9.18 Å². The zero-order chi connectivity index (χ0) is 17.8. The van der Waals surface area contributed by atoms with Crippen LogP contribution in [0.3, 0.4) is 0 Å². The maximum absolute atomic E-state index is 13.6. The van der Waals surface area contributed by atoms with E-state index in [1.54, 1.807) is 6.07 Å². The van der Waals surface area contributed by atoms with Gasteiger partial charge in [-0.25, -0.2) is 4.39 Å². The van der Waals surface area contributed by atoms with Gasteiger partial charge in [-0.1, -0.05) is 35.9 Å². The van der Waals surface area contributed by atoms with Gasteiger partial charge in [0.2, 0.25) is 5.91 Å². The van der Waals surface area contributed by atoms with Crippen molar-refractivity contribution in [3.63, 3.8) is 0 Å². The van der Waals surface area contributed by atoms with Crippen molar-refractivity contribution < 1.29 is 9.18 Å². The van der Waals surface area contributed by atoms with Gasteiger partial charge >= 0.3 is 0 Å². The Kier molecular flexibility index (Phi) is 7.18. The van der Waals surface area contributed by atoms with E-state index in [1.165, 1.54) is 28.8 Å². The van der Waals surface area contributed by atoms with Crippen molar-refractivity contribution in [3.05, 3.63) is 70.5 Å². The molecule has 1 heterocycles. The van der Waals surface area contributed by atoms with Crippen molar-refractivity contribution in [2.24, 2.45) is 0 Å². The third-order valence-electron chi connectivity index (χ3n) is 4.90. The van der Waals surface area contributed by atoms with Crippen LogP contribution in [0.5, 0.6) is 0 Å². The third kappa shape index (κ3) is 4.83.